The van der Waals surface area contributed by atoms with Crippen molar-refractivity contribution in [3.63, 3.8) is 0 Å². The summed E-state index contributed by atoms with van der Waals surface area (Å²) in [6.07, 6.45) is 6.17. The maximum Gasteiger partial charge on any atom is 0.255 e. The molecule has 0 radical (unpaired) electrons. The van der Waals surface area contributed by atoms with Crippen molar-refractivity contribution in [1.29, 1.82) is 0 Å². The van der Waals surface area contributed by atoms with E-state index < -0.39 is 0 Å². The molecule has 0 fully saturated rings. The lowest BCUT2D eigenvalue weighted by Crippen LogP contribution is -2.35. The Kier molecular flexibility index (Phi) is 3.64. The molecule has 0 saturated heterocycles. The minimum Gasteiger partial charge on any atom is -0.347 e. The van der Waals surface area contributed by atoms with Crippen molar-refractivity contribution in [2.75, 3.05) is 6.54 Å². The van der Waals surface area contributed by atoms with Gasteiger partial charge in [-0.05, 0) is 6.42 Å². The van der Waals surface area contributed by atoms with Crippen molar-refractivity contribution in [2.24, 2.45) is 0 Å². The maximum atomic E-state index is 12.2. The Balaban J connectivity index is 1.79. The van der Waals surface area contributed by atoms with Crippen LogP contribution < -0.4 is 5.56 Å². The standard InChI is InChI=1S/C14H19N5O/c1-2-3-13-17-12-4-5-19(7-10-6-15-9-16-10)8-11(12)14(20)18-13/h6,9H,2-5,7-8H2,1H3,(H,15,16)(H,17,18,20). The fourth-order valence-electron chi connectivity index (χ4n) is 2.63. The Labute approximate surface area is 117 Å². The molecule has 20 heavy (non-hydrogen) atoms. The summed E-state index contributed by atoms with van der Waals surface area (Å²) in [6, 6.07) is 0. The molecule has 2 N–H and O–H groups in total. The van der Waals surface area contributed by atoms with E-state index in [4.69, 9.17) is 0 Å². The predicted molar refractivity (Wildman–Crippen MR) is 75.3 cm³/mol. The smallest absolute Gasteiger partial charge is 0.255 e. The second kappa shape index (κ2) is 5.58. The van der Waals surface area contributed by atoms with Crippen LogP contribution in [0.3, 0.4) is 0 Å². The lowest BCUT2D eigenvalue weighted by molar-refractivity contribution is 0.239. The first-order chi connectivity index (χ1) is 9.76. The molecule has 0 aliphatic carbocycles. The van der Waals surface area contributed by atoms with Crippen LogP contribution in [-0.4, -0.2) is 31.4 Å². The van der Waals surface area contributed by atoms with E-state index in [1.165, 1.54) is 0 Å². The number of aromatic amines is 2. The van der Waals surface area contributed by atoms with Gasteiger partial charge in [0.15, 0.2) is 0 Å². The molecule has 0 aromatic carbocycles. The minimum absolute atomic E-state index is 0.0211. The topological polar surface area (TPSA) is 77.7 Å². The first-order valence-electron chi connectivity index (χ1n) is 7.07. The average molecular weight is 273 g/mol. The summed E-state index contributed by atoms with van der Waals surface area (Å²) in [4.78, 5) is 29.0. The van der Waals surface area contributed by atoms with Gasteiger partial charge >= 0.3 is 0 Å². The zero-order valence-electron chi connectivity index (χ0n) is 11.6. The van der Waals surface area contributed by atoms with Gasteiger partial charge in [0.1, 0.15) is 5.82 Å². The lowest BCUT2D eigenvalue weighted by atomic mass is 10.1. The van der Waals surface area contributed by atoms with Gasteiger partial charge in [-0.15, -0.1) is 0 Å². The van der Waals surface area contributed by atoms with Crippen LogP contribution in [0.1, 0.15) is 36.1 Å². The number of rotatable bonds is 4. The van der Waals surface area contributed by atoms with Crippen LogP contribution in [0, 0.1) is 0 Å². The maximum absolute atomic E-state index is 12.2. The van der Waals surface area contributed by atoms with Crippen LogP contribution in [-0.2, 0) is 25.9 Å². The molecule has 2 aromatic heterocycles. The van der Waals surface area contributed by atoms with Gasteiger partial charge in [-0.25, -0.2) is 9.97 Å². The number of H-pyrrole nitrogens is 2. The molecule has 3 heterocycles. The molecule has 0 atom stereocenters. The van der Waals surface area contributed by atoms with Crippen LogP contribution in [0.2, 0.25) is 0 Å². The summed E-state index contributed by atoms with van der Waals surface area (Å²) in [5, 5.41) is 0. The van der Waals surface area contributed by atoms with Crippen molar-refractivity contribution in [1.82, 2.24) is 24.8 Å². The summed E-state index contributed by atoms with van der Waals surface area (Å²) in [6.45, 7) is 4.46. The fraction of sp³-hybridized carbons (Fsp3) is 0.500. The summed E-state index contributed by atoms with van der Waals surface area (Å²) < 4.78 is 0. The molecule has 3 rings (SSSR count). The summed E-state index contributed by atoms with van der Waals surface area (Å²) >= 11 is 0. The number of aryl methyl sites for hydroxylation is 1. The number of imidazole rings is 1. The number of nitrogens with one attached hydrogen (secondary N) is 2. The van der Waals surface area contributed by atoms with Gasteiger partial charge in [-0.2, -0.15) is 0 Å². The summed E-state index contributed by atoms with van der Waals surface area (Å²) in [5.74, 6) is 0.818. The number of hydrogen-bond acceptors (Lipinski definition) is 4. The molecule has 0 amide bonds. The van der Waals surface area contributed by atoms with Gasteiger partial charge in [0.05, 0.1) is 17.6 Å². The predicted octanol–water partition coefficient (Wildman–Crippen LogP) is 1.00. The Morgan fingerprint density at radius 1 is 1.45 bits per heavy atom. The Morgan fingerprint density at radius 2 is 2.35 bits per heavy atom. The highest BCUT2D eigenvalue weighted by atomic mass is 16.1. The highest BCUT2D eigenvalue weighted by Crippen LogP contribution is 2.15. The lowest BCUT2D eigenvalue weighted by Gasteiger charge is -2.27. The molecule has 2 aromatic rings. The molecule has 0 bridgehead atoms. The van der Waals surface area contributed by atoms with Crippen LogP contribution in [0.25, 0.3) is 0 Å². The van der Waals surface area contributed by atoms with Crippen molar-refractivity contribution in [3.8, 4) is 0 Å². The summed E-state index contributed by atoms with van der Waals surface area (Å²) in [7, 11) is 0. The van der Waals surface area contributed by atoms with E-state index in [1.54, 1.807) is 6.33 Å². The molecule has 0 saturated carbocycles. The molecular formula is C14H19N5O. The number of aromatic nitrogens is 4. The van der Waals surface area contributed by atoms with Crippen molar-refractivity contribution in [3.05, 3.63) is 45.7 Å². The first kappa shape index (κ1) is 13.1. The highest BCUT2D eigenvalue weighted by molar-refractivity contribution is 5.21. The van der Waals surface area contributed by atoms with E-state index in [0.717, 1.165) is 55.1 Å². The number of nitrogens with zero attached hydrogens (tertiary/aromatic N) is 3. The van der Waals surface area contributed by atoms with Gasteiger partial charge in [-0.1, -0.05) is 6.92 Å². The molecule has 106 valence electrons. The Hall–Kier alpha value is -1.95. The second-order valence-electron chi connectivity index (χ2n) is 5.23. The van der Waals surface area contributed by atoms with Crippen molar-refractivity contribution >= 4 is 0 Å². The van der Waals surface area contributed by atoms with Gasteiger partial charge in [0.25, 0.3) is 5.56 Å². The van der Waals surface area contributed by atoms with Gasteiger partial charge in [-0.3, -0.25) is 9.69 Å². The van der Waals surface area contributed by atoms with E-state index in [-0.39, 0.29) is 5.56 Å². The van der Waals surface area contributed by atoms with E-state index in [9.17, 15) is 4.79 Å². The molecular weight excluding hydrogens is 254 g/mol. The third-order valence-electron chi connectivity index (χ3n) is 3.63. The first-order valence-corrected chi connectivity index (χ1v) is 7.07. The minimum atomic E-state index is 0.0211. The SMILES string of the molecule is CCCc1nc2c(c(=O)[nH]1)CN(Cc1cnc[nH]1)CC2. The zero-order chi connectivity index (χ0) is 13.9. The van der Waals surface area contributed by atoms with E-state index in [2.05, 4.69) is 31.8 Å². The Morgan fingerprint density at radius 3 is 3.10 bits per heavy atom. The third kappa shape index (κ3) is 2.65. The van der Waals surface area contributed by atoms with Crippen LogP contribution in [0.15, 0.2) is 17.3 Å². The molecule has 1 aliphatic heterocycles. The monoisotopic (exact) mass is 273 g/mol. The van der Waals surface area contributed by atoms with E-state index >= 15 is 0 Å². The van der Waals surface area contributed by atoms with Crippen molar-refractivity contribution < 1.29 is 0 Å². The van der Waals surface area contributed by atoms with Crippen molar-refractivity contribution in [2.45, 2.75) is 39.3 Å². The summed E-state index contributed by atoms with van der Waals surface area (Å²) in [5.41, 5.74) is 2.88. The number of fused-ring (bicyclic) bond motifs is 1. The quantitative estimate of drug-likeness (QED) is 0.871. The second-order valence-corrected chi connectivity index (χ2v) is 5.23. The molecule has 6 nitrogen and oxygen atoms in total. The molecule has 1 aliphatic rings. The Bertz CT molecular complexity index is 632. The average Bonchev–Trinajstić information content (AvgIpc) is 2.93. The van der Waals surface area contributed by atoms with Crippen LogP contribution in [0.5, 0.6) is 0 Å². The molecule has 6 heteroatoms. The largest absolute Gasteiger partial charge is 0.347 e. The normalized spacial score (nSPS) is 15.2. The van der Waals surface area contributed by atoms with E-state index in [1.807, 2.05) is 6.20 Å². The van der Waals surface area contributed by atoms with Gasteiger partial charge in [0, 0.05) is 44.4 Å². The van der Waals surface area contributed by atoms with Gasteiger partial charge in [0.2, 0.25) is 0 Å². The molecule has 0 spiro atoms. The van der Waals surface area contributed by atoms with Crippen LogP contribution >= 0.6 is 0 Å². The zero-order valence-corrected chi connectivity index (χ0v) is 11.6. The highest BCUT2D eigenvalue weighted by Gasteiger charge is 2.21. The van der Waals surface area contributed by atoms with E-state index in [0.29, 0.717) is 6.54 Å². The molecule has 0 unspecified atom stereocenters. The fourth-order valence-corrected chi connectivity index (χ4v) is 2.63. The van der Waals surface area contributed by atoms with Crippen LogP contribution in [0.4, 0.5) is 0 Å². The third-order valence-corrected chi connectivity index (χ3v) is 3.63. The number of hydrogen-bond donors (Lipinski definition) is 2. The van der Waals surface area contributed by atoms with Gasteiger partial charge < -0.3 is 9.97 Å².